The molecule has 0 fully saturated rings. The van der Waals surface area contributed by atoms with Crippen LogP contribution in [-0.2, 0) is 6.42 Å². The zero-order valence-corrected chi connectivity index (χ0v) is 12.0. The van der Waals surface area contributed by atoms with Crippen molar-refractivity contribution in [1.29, 1.82) is 0 Å². The molecule has 102 valence electrons. The first-order chi connectivity index (χ1) is 9.74. The van der Waals surface area contributed by atoms with Gasteiger partial charge in [-0.3, -0.25) is 0 Å². The first-order valence-corrected chi connectivity index (χ1v) is 7.60. The molecule has 20 heavy (non-hydrogen) atoms. The molecule has 0 saturated heterocycles. The Bertz CT molecular complexity index is 776. The van der Waals surface area contributed by atoms with Gasteiger partial charge in [0.15, 0.2) is 5.58 Å². The van der Waals surface area contributed by atoms with Crippen LogP contribution in [0.3, 0.4) is 0 Å². The molecule has 0 aliphatic carbocycles. The van der Waals surface area contributed by atoms with E-state index in [4.69, 9.17) is 10.2 Å². The van der Waals surface area contributed by atoms with Gasteiger partial charge in [-0.25, -0.2) is 0 Å². The Morgan fingerprint density at radius 3 is 3.15 bits per heavy atom. The fourth-order valence-electron chi connectivity index (χ4n) is 2.85. The maximum Gasteiger partial charge on any atom is 0.298 e. The highest BCUT2D eigenvalue weighted by atomic mass is 32.1. The molecule has 4 nitrogen and oxygen atoms in total. The fraction of sp³-hybridized carbons (Fsp3) is 0.267. The average molecular weight is 285 g/mol. The quantitative estimate of drug-likeness (QED) is 0.694. The smallest absolute Gasteiger partial charge is 0.298 e. The molecule has 2 N–H and O–H groups in total. The van der Waals surface area contributed by atoms with Crippen LogP contribution in [0.1, 0.15) is 23.4 Å². The van der Waals surface area contributed by atoms with Crippen LogP contribution in [0.2, 0.25) is 0 Å². The monoisotopic (exact) mass is 285 g/mol. The van der Waals surface area contributed by atoms with Gasteiger partial charge in [0.05, 0.1) is 11.7 Å². The van der Waals surface area contributed by atoms with Gasteiger partial charge in [0.2, 0.25) is 0 Å². The second-order valence-electron chi connectivity index (χ2n) is 5.11. The lowest BCUT2D eigenvalue weighted by atomic mass is 10.0. The molecule has 3 aromatic rings. The third-order valence-corrected chi connectivity index (χ3v) is 4.96. The number of rotatable bonds is 1. The topological polar surface area (TPSA) is 55.3 Å². The maximum atomic E-state index is 5.95. The number of fused-ring (bicyclic) bond motifs is 2. The lowest BCUT2D eigenvalue weighted by molar-refractivity contribution is 0.520. The number of anilines is 2. The van der Waals surface area contributed by atoms with Crippen molar-refractivity contribution < 1.29 is 4.42 Å². The van der Waals surface area contributed by atoms with Crippen LogP contribution in [0.5, 0.6) is 0 Å². The largest absolute Gasteiger partial charge is 0.423 e. The van der Waals surface area contributed by atoms with Crippen LogP contribution in [-0.4, -0.2) is 11.5 Å². The molecule has 1 unspecified atom stereocenters. The van der Waals surface area contributed by atoms with E-state index in [1.165, 1.54) is 10.4 Å². The third kappa shape index (κ3) is 1.63. The van der Waals surface area contributed by atoms with Crippen molar-refractivity contribution in [3.05, 3.63) is 40.1 Å². The molecule has 4 rings (SSSR count). The minimum Gasteiger partial charge on any atom is -0.423 e. The Kier molecular flexibility index (Phi) is 2.50. The Morgan fingerprint density at radius 2 is 2.30 bits per heavy atom. The second-order valence-corrected chi connectivity index (χ2v) is 6.11. The molecule has 1 aliphatic rings. The molecule has 1 aromatic carbocycles. The predicted octanol–water partition coefficient (Wildman–Crippen LogP) is 3.60. The van der Waals surface area contributed by atoms with E-state index in [-0.39, 0.29) is 0 Å². The van der Waals surface area contributed by atoms with E-state index in [1.807, 2.05) is 29.5 Å². The predicted molar refractivity (Wildman–Crippen MR) is 82.2 cm³/mol. The van der Waals surface area contributed by atoms with Gasteiger partial charge in [0.1, 0.15) is 5.52 Å². The highest BCUT2D eigenvalue weighted by Crippen LogP contribution is 2.37. The van der Waals surface area contributed by atoms with Gasteiger partial charge in [-0.2, -0.15) is 4.98 Å². The zero-order valence-electron chi connectivity index (χ0n) is 11.2. The number of oxazole rings is 1. The van der Waals surface area contributed by atoms with Gasteiger partial charge in [-0.1, -0.05) is 6.07 Å². The third-order valence-electron chi connectivity index (χ3n) is 3.96. The van der Waals surface area contributed by atoms with Crippen LogP contribution in [0.4, 0.5) is 11.7 Å². The number of hydrogen-bond donors (Lipinski definition) is 1. The SMILES string of the molecule is CC1c2ccsc2CCN1c1nc2c(N)cccc2o1. The van der Waals surface area contributed by atoms with Crippen molar-refractivity contribution in [2.45, 2.75) is 19.4 Å². The fourth-order valence-corrected chi connectivity index (χ4v) is 3.81. The zero-order chi connectivity index (χ0) is 13.7. The van der Waals surface area contributed by atoms with Crippen LogP contribution in [0.25, 0.3) is 11.1 Å². The summed E-state index contributed by atoms with van der Waals surface area (Å²) < 4.78 is 5.89. The molecule has 5 heteroatoms. The van der Waals surface area contributed by atoms with E-state index in [0.29, 0.717) is 17.7 Å². The number of thiophene rings is 1. The maximum absolute atomic E-state index is 5.95. The summed E-state index contributed by atoms with van der Waals surface area (Å²) in [5, 5.41) is 2.16. The summed E-state index contributed by atoms with van der Waals surface area (Å²) in [4.78, 5) is 8.27. The van der Waals surface area contributed by atoms with Crippen molar-refractivity contribution in [1.82, 2.24) is 4.98 Å². The van der Waals surface area contributed by atoms with Crippen molar-refractivity contribution >= 4 is 34.1 Å². The van der Waals surface area contributed by atoms with Gasteiger partial charge in [0.25, 0.3) is 6.01 Å². The molecule has 1 aliphatic heterocycles. The molecule has 3 heterocycles. The number of nitrogens with two attached hydrogens (primary N) is 1. The number of aromatic nitrogens is 1. The van der Waals surface area contributed by atoms with Crippen LogP contribution >= 0.6 is 11.3 Å². The second kappa shape index (κ2) is 4.24. The molecule has 0 bridgehead atoms. The number of hydrogen-bond acceptors (Lipinski definition) is 5. The van der Waals surface area contributed by atoms with E-state index in [9.17, 15) is 0 Å². The number of nitrogen functional groups attached to an aromatic ring is 1. The molecular weight excluding hydrogens is 270 g/mol. The Labute approximate surface area is 120 Å². The lowest BCUT2D eigenvalue weighted by Gasteiger charge is -2.32. The van der Waals surface area contributed by atoms with Gasteiger partial charge in [0, 0.05) is 11.4 Å². The first kappa shape index (κ1) is 11.8. The summed E-state index contributed by atoms with van der Waals surface area (Å²) in [7, 11) is 0. The van der Waals surface area contributed by atoms with Gasteiger partial charge in [-0.05, 0) is 42.5 Å². The van der Waals surface area contributed by atoms with Crippen molar-refractivity contribution in [3.63, 3.8) is 0 Å². The van der Waals surface area contributed by atoms with Gasteiger partial charge >= 0.3 is 0 Å². The normalized spacial score (nSPS) is 18.4. The van der Waals surface area contributed by atoms with Gasteiger partial charge < -0.3 is 15.1 Å². The van der Waals surface area contributed by atoms with E-state index in [1.54, 1.807) is 0 Å². The van der Waals surface area contributed by atoms with Crippen molar-refractivity contribution in [3.8, 4) is 0 Å². The van der Waals surface area contributed by atoms with Gasteiger partial charge in [-0.15, -0.1) is 11.3 Å². The minimum atomic E-state index is 0.291. The number of nitrogens with zero attached hydrogens (tertiary/aromatic N) is 2. The van der Waals surface area contributed by atoms with E-state index < -0.39 is 0 Å². The van der Waals surface area contributed by atoms with Crippen LogP contribution < -0.4 is 10.6 Å². The highest BCUT2D eigenvalue weighted by molar-refractivity contribution is 7.10. The Hall–Kier alpha value is -2.01. The Balaban J connectivity index is 1.78. The molecule has 2 aromatic heterocycles. The molecule has 1 atom stereocenters. The number of para-hydroxylation sites is 1. The summed E-state index contributed by atoms with van der Waals surface area (Å²) >= 11 is 1.84. The average Bonchev–Trinajstić information content (AvgIpc) is 3.06. The molecule has 0 radical (unpaired) electrons. The standard InChI is InChI=1S/C15H15N3OS/c1-9-10-6-8-20-13(10)5-7-18(9)15-17-14-11(16)3-2-4-12(14)19-15/h2-4,6,8-9H,5,7,16H2,1H3. The summed E-state index contributed by atoms with van der Waals surface area (Å²) in [6, 6.07) is 8.82. The highest BCUT2D eigenvalue weighted by Gasteiger charge is 2.28. The first-order valence-electron chi connectivity index (χ1n) is 6.72. The molecule has 0 saturated carbocycles. The summed E-state index contributed by atoms with van der Waals surface area (Å²) in [5.41, 5.74) is 9.51. The Morgan fingerprint density at radius 1 is 1.40 bits per heavy atom. The lowest BCUT2D eigenvalue weighted by Crippen LogP contribution is -2.33. The van der Waals surface area contributed by atoms with Crippen LogP contribution in [0.15, 0.2) is 34.1 Å². The number of benzene rings is 1. The minimum absolute atomic E-state index is 0.291. The van der Waals surface area contributed by atoms with E-state index >= 15 is 0 Å². The molecule has 0 spiro atoms. The summed E-state index contributed by atoms with van der Waals surface area (Å²) in [6.07, 6.45) is 1.05. The van der Waals surface area contributed by atoms with Crippen molar-refractivity contribution in [2.75, 3.05) is 17.2 Å². The van der Waals surface area contributed by atoms with Crippen molar-refractivity contribution in [2.24, 2.45) is 0 Å². The van der Waals surface area contributed by atoms with E-state index in [2.05, 4.69) is 28.3 Å². The molecular formula is C15H15N3OS. The summed E-state index contributed by atoms with van der Waals surface area (Å²) in [6.45, 7) is 3.13. The van der Waals surface area contributed by atoms with Crippen LogP contribution in [0, 0.1) is 0 Å². The molecule has 0 amide bonds. The summed E-state index contributed by atoms with van der Waals surface area (Å²) in [5.74, 6) is 0. The van der Waals surface area contributed by atoms with E-state index in [0.717, 1.165) is 24.1 Å².